The monoisotopic (exact) mass is 201 g/mol. The lowest BCUT2D eigenvalue weighted by atomic mass is 10.1. The van der Waals surface area contributed by atoms with Gasteiger partial charge >= 0.3 is 5.97 Å². The number of hydrogen-bond donors (Lipinski definition) is 1. The zero-order chi connectivity index (χ0) is 10.7. The molecule has 0 unspecified atom stereocenters. The van der Waals surface area contributed by atoms with E-state index in [9.17, 15) is 4.79 Å². The molecule has 0 aliphatic rings. The van der Waals surface area contributed by atoms with E-state index in [1.54, 1.807) is 24.5 Å². The van der Waals surface area contributed by atoms with Crippen molar-refractivity contribution in [3.05, 3.63) is 42.7 Å². The van der Waals surface area contributed by atoms with E-state index in [-0.39, 0.29) is 5.82 Å². The summed E-state index contributed by atoms with van der Waals surface area (Å²) in [5.41, 5.74) is 1.67. The maximum Gasteiger partial charge on any atom is 0.373 e. The Labute approximate surface area is 85.5 Å². The van der Waals surface area contributed by atoms with Gasteiger partial charge in [0.2, 0.25) is 5.82 Å². The molecule has 0 fully saturated rings. The molecule has 0 spiro atoms. The number of aromatic carboxylic acids is 1. The van der Waals surface area contributed by atoms with Gasteiger partial charge in [0.05, 0.1) is 0 Å². The second-order valence-corrected chi connectivity index (χ2v) is 2.84. The van der Waals surface area contributed by atoms with E-state index in [4.69, 9.17) is 5.11 Å². The lowest BCUT2D eigenvalue weighted by molar-refractivity contribution is 0.0683. The summed E-state index contributed by atoms with van der Waals surface area (Å²) in [6.45, 7) is 0. The van der Waals surface area contributed by atoms with Crippen LogP contribution in [-0.4, -0.2) is 26.0 Å². The molecule has 0 atom stereocenters. The molecule has 74 valence electrons. The molecular weight excluding hydrogens is 194 g/mol. The van der Waals surface area contributed by atoms with E-state index in [1.807, 2.05) is 0 Å². The molecule has 15 heavy (non-hydrogen) atoms. The number of carbonyl (C=O) groups is 1. The van der Waals surface area contributed by atoms with Crippen molar-refractivity contribution in [2.75, 3.05) is 0 Å². The number of hydrogen-bond acceptors (Lipinski definition) is 4. The molecule has 0 aliphatic heterocycles. The maximum absolute atomic E-state index is 10.5. The maximum atomic E-state index is 10.5. The fraction of sp³-hybridized carbons (Fsp3) is 0. The second kappa shape index (κ2) is 3.83. The Hall–Kier alpha value is -2.30. The molecule has 0 saturated heterocycles. The van der Waals surface area contributed by atoms with Crippen molar-refractivity contribution in [2.45, 2.75) is 0 Å². The molecule has 0 saturated carbocycles. The third kappa shape index (κ3) is 1.96. The van der Waals surface area contributed by atoms with Crippen molar-refractivity contribution >= 4 is 5.97 Å². The number of nitrogens with zero attached hydrogens (tertiary/aromatic N) is 3. The Morgan fingerprint density at radius 3 is 2.20 bits per heavy atom. The molecule has 2 heterocycles. The normalized spacial score (nSPS) is 9.87. The van der Waals surface area contributed by atoms with Crippen LogP contribution in [0, 0.1) is 0 Å². The number of carboxylic acid groups (broad SMARTS) is 1. The van der Waals surface area contributed by atoms with E-state index in [1.165, 1.54) is 12.4 Å². The SMILES string of the molecule is O=C(O)c1ncc(-c2ccncc2)cn1. The summed E-state index contributed by atoms with van der Waals surface area (Å²) in [6.07, 6.45) is 6.26. The Kier molecular flexibility index (Phi) is 2.37. The molecule has 5 nitrogen and oxygen atoms in total. The van der Waals surface area contributed by atoms with Gasteiger partial charge in [0, 0.05) is 30.4 Å². The summed E-state index contributed by atoms with van der Waals surface area (Å²) in [5, 5.41) is 8.61. The quantitative estimate of drug-likeness (QED) is 0.790. The van der Waals surface area contributed by atoms with Gasteiger partial charge in [0.25, 0.3) is 0 Å². The lowest BCUT2D eigenvalue weighted by Gasteiger charge is -1.99. The van der Waals surface area contributed by atoms with Crippen LogP contribution in [0.1, 0.15) is 10.6 Å². The predicted molar refractivity (Wildman–Crippen MR) is 52.2 cm³/mol. The zero-order valence-electron chi connectivity index (χ0n) is 7.66. The molecule has 0 amide bonds. The Balaban J connectivity index is 2.36. The molecule has 2 aromatic heterocycles. The fourth-order valence-corrected chi connectivity index (χ4v) is 1.13. The molecular formula is C10H7N3O2. The van der Waals surface area contributed by atoms with Crippen molar-refractivity contribution < 1.29 is 9.90 Å². The van der Waals surface area contributed by atoms with Gasteiger partial charge in [-0.3, -0.25) is 4.98 Å². The average Bonchev–Trinajstić information content (AvgIpc) is 2.30. The smallest absolute Gasteiger partial charge is 0.373 e. The van der Waals surface area contributed by atoms with Gasteiger partial charge in [0.1, 0.15) is 0 Å². The van der Waals surface area contributed by atoms with Crippen LogP contribution in [-0.2, 0) is 0 Å². The van der Waals surface area contributed by atoms with Crippen molar-refractivity contribution in [3.8, 4) is 11.1 Å². The predicted octanol–water partition coefficient (Wildman–Crippen LogP) is 1.24. The molecule has 1 N–H and O–H groups in total. The van der Waals surface area contributed by atoms with Crippen molar-refractivity contribution in [3.63, 3.8) is 0 Å². The summed E-state index contributed by atoms with van der Waals surface area (Å²) in [7, 11) is 0. The average molecular weight is 201 g/mol. The van der Waals surface area contributed by atoms with E-state index in [2.05, 4.69) is 15.0 Å². The van der Waals surface area contributed by atoms with Crippen LogP contribution in [0.15, 0.2) is 36.9 Å². The zero-order valence-corrected chi connectivity index (χ0v) is 7.66. The highest BCUT2D eigenvalue weighted by Crippen LogP contribution is 2.15. The minimum atomic E-state index is -1.13. The van der Waals surface area contributed by atoms with Gasteiger partial charge in [-0.25, -0.2) is 14.8 Å². The highest BCUT2D eigenvalue weighted by Gasteiger charge is 2.05. The van der Waals surface area contributed by atoms with Crippen molar-refractivity contribution in [2.24, 2.45) is 0 Å². The highest BCUT2D eigenvalue weighted by atomic mass is 16.4. The first-order valence-electron chi connectivity index (χ1n) is 4.23. The third-order valence-corrected chi connectivity index (χ3v) is 1.86. The van der Waals surface area contributed by atoms with Gasteiger partial charge in [-0.15, -0.1) is 0 Å². The molecule has 0 bridgehead atoms. The summed E-state index contributed by atoms with van der Waals surface area (Å²) < 4.78 is 0. The number of pyridine rings is 1. The van der Waals surface area contributed by atoms with Gasteiger partial charge in [-0.1, -0.05) is 0 Å². The summed E-state index contributed by atoms with van der Waals surface area (Å²) in [5.74, 6) is -1.33. The van der Waals surface area contributed by atoms with E-state index < -0.39 is 5.97 Å². The standard InChI is InChI=1S/C10H7N3O2/c14-10(15)9-12-5-8(6-13-9)7-1-3-11-4-2-7/h1-6H,(H,14,15). The van der Waals surface area contributed by atoms with Gasteiger partial charge < -0.3 is 5.11 Å². The molecule has 0 radical (unpaired) electrons. The minimum absolute atomic E-state index is 0.201. The number of carboxylic acids is 1. The first kappa shape index (κ1) is 9.26. The number of rotatable bonds is 2. The minimum Gasteiger partial charge on any atom is -0.475 e. The van der Waals surface area contributed by atoms with Gasteiger partial charge in [-0.05, 0) is 17.7 Å². The van der Waals surface area contributed by atoms with Crippen molar-refractivity contribution in [1.29, 1.82) is 0 Å². The topological polar surface area (TPSA) is 76.0 Å². The lowest BCUT2D eigenvalue weighted by Crippen LogP contribution is -2.03. The van der Waals surface area contributed by atoms with E-state index in [0.29, 0.717) is 0 Å². The van der Waals surface area contributed by atoms with E-state index >= 15 is 0 Å². The highest BCUT2D eigenvalue weighted by molar-refractivity contribution is 5.83. The largest absolute Gasteiger partial charge is 0.475 e. The van der Waals surface area contributed by atoms with Crippen LogP contribution in [0.3, 0.4) is 0 Å². The van der Waals surface area contributed by atoms with Crippen LogP contribution in [0.4, 0.5) is 0 Å². The van der Waals surface area contributed by atoms with Crippen LogP contribution in [0.2, 0.25) is 0 Å². The fourth-order valence-electron chi connectivity index (χ4n) is 1.13. The van der Waals surface area contributed by atoms with Crippen molar-refractivity contribution in [1.82, 2.24) is 15.0 Å². The molecule has 2 rings (SSSR count). The van der Waals surface area contributed by atoms with Crippen LogP contribution >= 0.6 is 0 Å². The van der Waals surface area contributed by atoms with Gasteiger partial charge in [0.15, 0.2) is 0 Å². The Morgan fingerprint density at radius 2 is 1.67 bits per heavy atom. The molecule has 5 heteroatoms. The molecule has 0 aromatic carbocycles. The second-order valence-electron chi connectivity index (χ2n) is 2.84. The summed E-state index contributed by atoms with van der Waals surface area (Å²) in [6, 6.07) is 3.61. The van der Waals surface area contributed by atoms with Gasteiger partial charge in [-0.2, -0.15) is 0 Å². The van der Waals surface area contributed by atoms with Crippen LogP contribution in [0.25, 0.3) is 11.1 Å². The summed E-state index contributed by atoms with van der Waals surface area (Å²) >= 11 is 0. The third-order valence-electron chi connectivity index (χ3n) is 1.86. The van der Waals surface area contributed by atoms with Crippen LogP contribution in [0.5, 0.6) is 0 Å². The molecule has 0 aliphatic carbocycles. The first-order valence-corrected chi connectivity index (χ1v) is 4.23. The first-order chi connectivity index (χ1) is 7.27. The summed E-state index contributed by atoms with van der Waals surface area (Å²) in [4.78, 5) is 21.8. The number of aromatic nitrogens is 3. The molecule has 2 aromatic rings. The van der Waals surface area contributed by atoms with E-state index in [0.717, 1.165) is 11.1 Å². The Morgan fingerprint density at radius 1 is 1.07 bits per heavy atom. The van der Waals surface area contributed by atoms with Crippen LogP contribution < -0.4 is 0 Å². The Bertz CT molecular complexity index is 468.